The number of rotatable bonds is 8. The molecule has 0 radical (unpaired) electrons. The van der Waals surface area contributed by atoms with Crippen molar-refractivity contribution >= 4 is 45.1 Å². The lowest BCUT2D eigenvalue weighted by Crippen LogP contribution is -2.04. The molecule has 0 spiro atoms. The van der Waals surface area contributed by atoms with E-state index in [4.69, 9.17) is 10.5 Å². The highest BCUT2D eigenvalue weighted by atomic mass is 32.2. The predicted molar refractivity (Wildman–Crippen MR) is 133 cm³/mol. The Bertz CT molecular complexity index is 1310. The van der Waals surface area contributed by atoms with Crippen LogP contribution in [-0.2, 0) is 17.0 Å². The Morgan fingerprint density at radius 3 is 2.76 bits per heavy atom. The van der Waals surface area contributed by atoms with Gasteiger partial charge < -0.3 is 15.0 Å². The molecule has 0 saturated heterocycles. The number of carbonyl (C=O) groups excluding carboxylic acids is 1. The number of esters is 1. The maximum Gasteiger partial charge on any atom is 0.348 e. The first-order valence-electron chi connectivity index (χ1n) is 10.8. The van der Waals surface area contributed by atoms with Crippen molar-refractivity contribution in [3.8, 4) is 11.4 Å². The Kier molecular flexibility index (Phi) is 6.94. The van der Waals surface area contributed by atoms with Gasteiger partial charge in [0, 0.05) is 12.1 Å². The van der Waals surface area contributed by atoms with Crippen molar-refractivity contribution in [2.75, 3.05) is 12.3 Å². The van der Waals surface area contributed by atoms with Crippen LogP contribution in [0, 0.1) is 13.8 Å². The fraction of sp³-hybridized carbons (Fsp3) is 0.348. The van der Waals surface area contributed by atoms with Gasteiger partial charge in [0.25, 0.3) is 0 Å². The van der Waals surface area contributed by atoms with Crippen LogP contribution < -0.4 is 5.73 Å². The number of ether oxygens (including phenoxy) is 1. The van der Waals surface area contributed by atoms with Gasteiger partial charge in [-0.15, -0.1) is 21.5 Å². The number of thiophene rings is 1. The number of aryl methyl sites for hydroxylation is 2. The maximum absolute atomic E-state index is 12.3. The Balaban J connectivity index is 1.61. The molecule has 0 bridgehead atoms. The Morgan fingerprint density at radius 1 is 1.21 bits per heavy atom. The molecule has 0 aliphatic rings. The lowest BCUT2D eigenvalue weighted by molar-refractivity contribution is 0.0531. The molecule has 3 heterocycles. The second-order valence-electron chi connectivity index (χ2n) is 7.60. The fourth-order valence-corrected chi connectivity index (χ4v) is 5.54. The number of fused-ring (bicyclic) bond motifs is 1. The Morgan fingerprint density at radius 2 is 2.03 bits per heavy atom. The van der Waals surface area contributed by atoms with Crippen molar-refractivity contribution in [3.63, 3.8) is 0 Å². The number of nitrogens with two attached hydrogens (primary N) is 1. The molecule has 2 N–H and O–H groups in total. The molecule has 33 heavy (non-hydrogen) atoms. The van der Waals surface area contributed by atoms with Crippen molar-refractivity contribution < 1.29 is 9.53 Å². The third-order valence-corrected chi connectivity index (χ3v) is 7.22. The predicted octanol–water partition coefficient (Wildman–Crippen LogP) is 5.03. The van der Waals surface area contributed by atoms with Crippen LogP contribution in [0.3, 0.4) is 0 Å². The van der Waals surface area contributed by atoms with E-state index in [0.717, 1.165) is 35.1 Å². The number of nitrogens with zero attached hydrogens (tertiary/aromatic N) is 5. The van der Waals surface area contributed by atoms with E-state index in [1.807, 2.05) is 13.0 Å². The third kappa shape index (κ3) is 4.72. The van der Waals surface area contributed by atoms with Crippen LogP contribution in [0.4, 0.5) is 5.82 Å². The van der Waals surface area contributed by atoms with E-state index in [1.54, 1.807) is 6.92 Å². The monoisotopic (exact) mass is 482 g/mol. The second-order valence-corrected chi connectivity index (χ2v) is 9.54. The first-order chi connectivity index (χ1) is 15.9. The van der Waals surface area contributed by atoms with Crippen LogP contribution >= 0.6 is 23.1 Å². The summed E-state index contributed by atoms with van der Waals surface area (Å²) in [6.45, 7) is 8.96. The number of aromatic nitrogens is 5. The quantitative estimate of drug-likeness (QED) is 0.275. The minimum absolute atomic E-state index is 0.318. The van der Waals surface area contributed by atoms with Crippen molar-refractivity contribution in [1.29, 1.82) is 0 Å². The summed E-state index contributed by atoms with van der Waals surface area (Å²) in [7, 11) is 0. The largest absolute Gasteiger partial charge is 0.462 e. The van der Waals surface area contributed by atoms with E-state index in [-0.39, 0.29) is 5.97 Å². The lowest BCUT2D eigenvalue weighted by Gasteiger charge is -2.09. The van der Waals surface area contributed by atoms with Gasteiger partial charge in [-0.1, -0.05) is 42.4 Å². The summed E-state index contributed by atoms with van der Waals surface area (Å²) in [4.78, 5) is 22.6. The zero-order chi connectivity index (χ0) is 23.5. The van der Waals surface area contributed by atoms with E-state index in [9.17, 15) is 4.79 Å². The van der Waals surface area contributed by atoms with Gasteiger partial charge in [0.05, 0.1) is 17.7 Å². The minimum Gasteiger partial charge on any atom is -0.462 e. The van der Waals surface area contributed by atoms with Gasteiger partial charge in [0.2, 0.25) is 0 Å². The summed E-state index contributed by atoms with van der Waals surface area (Å²) >= 11 is 2.81. The topological polar surface area (TPSA) is 109 Å². The van der Waals surface area contributed by atoms with Crippen molar-refractivity contribution in [1.82, 2.24) is 24.7 Å². The van der Waals surface area contributed by atoms with Gasteiger partial charge in [-0.25, -0.2) is 14.8 Å². The number of anilines is 1. The van der Waals surface area contributed by atoms with Gasteiger partial charge in [-0.3, -0.25) is 0 Å². The summed E-state index contributed by atoms with van der Waals surface area (Å²) in [5.41, 5.74) is 9.23. The molecule has 0 amide bonds. The van der Waals surface area contributed by atoms with E-state index in [1.165, 1.54) is 28.7 Å². The molecule has 0 saturated carbocycles. The molecule has 10 heteroatoms. The minimum atomic E-state index is -0.357. The summed E-state index contributed by atoms with van der Waals surface area (Å²) in [5, 5.41) is 10.4. The molecule has 3 aromatic heterocycles. The molecular formula is C23H26N6O2S2. The highest BCUT2D eigenvalue weighted by Crippen LogP contribution is 2.34. The second kappa shape index (κ2) is 9.88. The third-order valence-electron chi connectivity index (χ3n) is 5.10. The van der Waals surface area contributed by atoms with Crippen molar-refractivity contribution in [3.05, 3.63) is 46.1 Å². The van der Waals surface area contributed by atoms with Gasteiger partial charge in [0.1, 0.15) is 21.3 Å². The van der Waals surface area contributed by atoms with E-state index in [0.29, 0.717) is 39.1 Å². The standard InChI is InChI=1S/C23H26N6O2S2/c1-5-10-29-20(15-9-7-8-13(3)11-15)27-28-23(29)32-12-16-25-19(24)17-14(4)18(22(30)31-6-2)33-21(17)26-16/h7-9,11H,5-6,10,12H2,1-4H3,(H2,24,25,26). The summed E-state index contributed by atoms with van der Waals surface area (Å²) in [5.74, 6) is 1.94. The number of hydrogen-bond donors (Lipinski definition) is 1. The van der Waals surface area contributed by atoms with Crippen molar-refractivity contribution in [2.24, 2.45) is 0 Å². The number of nitrogen functional groups attached to an aromatic ring is 1. The number of carbonyl (C=O) groups is 1. The van der Waals surface area contributed by atoms with Crippen LogP contribution in [0.5, 0.6) is 0 Å². The van der Waals surface area contributed by atoms with Gasteiger partial charge in [-0.05, 0) is 38.8 Å². The smallest absolute Gasteiger partial charge is 0.348 e. The SMILES string of the molecule is CCCn1c(SCc2nc(N)c3c(C)c(C(=O)OCC)sc3n2)nnc1-c1cccc(C)c1. The molecule has 4 rings (SSSR count). The van der Waals surface area contributed by atoms with Crippen molar-refractivity contribution in [2.45, 2.75) is 51.6 Å². The average molecular weight is 483 g/mol. The molecule has 8 nitrogen and oxygen atoms in total. The number of thioether (sulfide) groups is 1. The summed E-state index contributed by atoms with van der Waals surface area (Å²) < 4.78 is 7.29. The van der Waals surface area contributed by atoms with E-state index in [2.05, 4.69) is 56.8 Å². The Labute approximate surface area is 200 Å². The first-order valence-corrected chi connectivity index (χ1v) is 12.6. The molecule has 0 atom stereocenters. The summed E-state index contributed by atoms with van der Waals surface area (Å²) in [6, 6.07) is 8.26. The zero-order valence-electron chi connectivity index (χ0n) is 19.1. The molecule has 172 valence electrons. The highest BCUT2D eigenvalue weighted by molar-refractivity contribution is 7.98. The van der Waals surface area contributed by atoms with Crippen LogP contribution in [0.1, 0.15) is 46.9 Å². The van der Waals surface area contributed by atoms with Gasteiger partial charge in [-0.2, -0.15) is 0 Å². The molecule has 0 fully saturated rings. The van der Waals surface area contributed by atoms with Crippen LogP contribution in [0.25, 0.3) is 21.6 Å². The molecule has 4 aromatic rings. The molecule has 0 aliphatic heterocycles. The Hall–Kier alpha value is -2.98. The zero-order valence-corrected chi connectivity index (χ0v) is 20.7. The van der Waals surface area contributed by atoms with Gasteiger partial charge in [0.15, 0.2) is 11.0 Å². The molecule has 1 aromatic carbocycles. The molecule has 0 unspecified atom stereocenters. The van der Waals surface area contributed by atoms with Crippen LogP contribution in [0.15, 0.2) is 29.4 Å². The van der Waals surface area contributed by atoms with Crippen LogP contribution in [0.2, 0.25) is 0 Å². The highest BCUT2D eigenvalue weighted by Gasteiger charge is 2.21. The van der Waals surface area contributed by atoms with Crippen LogP contribution in [-0.4, -0.2) is 37.3 Å². The normalized spacial score (nSPS) is 11.3. The van der Waals surface area contributed by atoms with E-state index < -0.39 is 0 Å². The fourth-order valence-electron chi connectivity index (χ4n) is 3.62. The van der Waals surface area contributed by atoms with E-state index >= 15 is 0 Å². The molecule has 0 aliphatic carbocycles. The lowest BCUT2D eigenvalue weighted by atomic mass is 10.1. The maximum atomic E-state index is 12.3. The number of benzene rings is 1. The average Bonchev–Trinajstić information content (AvgIpc) is 3.34. The molecular weight excluding hydrogens is 456 g/mol. The van der Waals surface area contributed by atoms with Gasteiger partial charge >= 0.3 is 5.97 Å². The summed E-state index contributed by atoms with van der Waals surface area (Å²) in [6.07, 6.45) is 0.963. The number of hydrogen-bond acceptors (Lipinski definition) is 9. The first kappa shape index (κ1) is 23.2.